The largest absolute Gasteiger partial charge is 0.473 e. The fourth-order valence-electron chi connectivity index (χ4n) is 1.41. The Labute approximate surface area is 115 Å². The molecule has 0 aromatic carbocycles. The molecule has 2 fully saturated rings. The minimum absolute atomic E-state index is 0.392. The first-order chi connectivity index (χ1) is 9.26. The van der Waals surface area contributed by atoms with E-state index in [0.29, 0.717) is 18.6 Å². The van der Waals surface area contributed by atoms with Crippen LogP contribution in [0.4, 0.5) is 0 Å². The Morgan fingerprint density at radius 1 is 1.26 bits per heavy atom. The number of hydrogen-bond acceptors (Lipinski definition) is 5. The van der Waals surface area contributed by atoms with Gasteiger partial charge >= 0.3 is 0 Å². The van der Waals surface area contributed by atoms with Crippen LogP contribution in [-0.4, -0.2) is 50.0 Å². The molecule has 0 aromatic rings. The van der Waals surface area contributed by atoms with E-state index < -0.39 is 6.29 Å². The first-order valence-electron chi connectivity index (χ1n) is 7.01. The molecule has 0 spiro atoms. The molecule has 0 radical (unpaired) electrons. The highest BCUT2D eigenvalue weighted by atomic mass is 16.6. The molecule has 2 heterocycles. The van der Waals surface area contributed by atoms with E-state index in [1.165, 1.54) is 12.7 Å². The second kappa shape index (κ2) is 10.2. The van der Waals surface area contributed by atoms with Gasteiger partial charge in [0.15, 0.2) is 6.29 Å². The van der Waals surface area contributed by atoms with E-state index >= 15 is 0 Å². The molecule has 112 valence electrons. The molecule has 2 rings (SSSR count). The summed E-state index contributed by atoms with van der Waals surface area (Å²) in [4.78, 5) is 0. The van der Waals surface area contributed by atoms with E-state index in [0.717, 1.165) is 39.3 Å². The van der Waals surface area contributed by atoms with Gasteiger partial charge in [-0.15, -0.1) is 0 Å². The van der Waals surface area contributed by atoms with E-state index in [1.807, 2.05) is 0 Å². The standard InChI is InChI=1S/C8H16O2.C6H10O3/c1-3-5-6-7-8(9)10-4-2;1(5-3-8-5)7-2-6-4-9-6/h4,8-9H,2-3,5-7H2,1H3;5-6H,1-4H2. The first-order valence-corrected chi connectivity index (χ1v) is 7.01. The SMILES string of the molecule is C(OCC1CO1)C1CO1.C=COC(O)CCCCC. The quantitative estimate of drug-likeness (QED) is 0.285. The van der Waals surface area contributed by atoms with Gasteiger partial charge in [-0.1, -0.05) is 26.3 Å². The van der Waals surface area contributed by atoms with Gasteiger partial charge in [-0.25, -0.2) is 0 Å². The minimum Gasteiger partial charge on any atom is -0.473 e. The molecule has 5 nitrogen and oxygen atoms in total. The molecule has 5 heteroatoms. The van der Waals surface area contributed by atoms with Crippen molar-refractivity contribution < 1.29 is 24.1 Å². The van der Waals surface area contributed by atoms with Crippen LogP contribution in [0.15, 0.2) is 12.8 Å². The smallest absolute Gasteiger partial charge is 0.196 e. The zero-order valence-electron chi connectivity index (χ0n) is 11.8. The van der Waals surface area contributed by atoms with Gasteiger partial charge in [0.2, 0.25) is 0 Å². The third kappa shape index (κ3) is 10.9. The maximum Gasteiger partial charge on any atom is 0.196 e. The summed E-state index contributed by atoms with van der Waals surface area (Å²) in [7, 11) is 0. The zero-order valence-corrected chi connectivity index (χ0v) is 11.8. The van der Waals surface area contributed by atoms with E-state index in [2.05, 4.69) is 13.5 Å². The zero-order chi connectivity index (χ0) is 13.9. The van der Waals surface area contributed by atoms with Gasteiger partial charge in [0.1, 0.15) is 12.2 Å². The monoisotopic (exact) mass is 274 g/mol. The molecule has 0 aliphatic carbocycles. The predicted octanol–water partition coefficient (Wildman–Crippen LogP) is 1.85. The van der Waals surface area contributed by atoms with Crippen LogP contribution < -0.4 is 0 Å². The molecule has 2 aliphatic rings. The Hall–Kier alpha value is -0.620. The fourth-order valence-corrected chi connectivity index (χ4v) is 1.41. The Kier molecular flexibility index (Phi) is 8.82. The number of unbranched alkanes of at least 4 members (excludes halogenated alkanes) is 2. The van der Waals surface area contributed by atoms with Crippen molar-refractivity contribution in [1.29, 1.82) is 0 Å². The molecule has 0 amide bonds. The molecule has 19 heavy (non-hydrogen) atoms. The molecule has 0 aromatic heterocycles. The van der Waals surface area contributed by atoms with Gasteiger partial charge in [0.25, 0.3) is 0 Å². The van der Waals surface area contributed by atoms with Crippen LogP contribution in [0.2, 0.25) is 0 Å². The Morgan fingerprint density at radius 2 is 1.84 bits per heavy atom. The molecular weight excluding hydrogens is 248 g/mol. The van der Waals surface area contributed by atoms with Crippen molar-refractivity contribution in [1.82, 2.24) is 0 Å². The summed E-state index contributed by atoms with van der Waals surface area (Å²) in [6.07, 6.45) is 5.46. The lowest BCUT2D eigenvalue weighted by Gasteiger charge is -2.07. The lowest BCUT2D eigenvalue weighted by Crippen LogP contribution is -2.07. The van der Waals surface area contributed by atoms with Crippen LogP contribution in [0, 0.1) is 0 Å². The van der Waals surface area contributed by atoms with Gasteiger partial charge in [0, 0.05) is 6.42 Å². The topological polar surface area (TPSA) is 63.8 Å². The van der Waals surface area contributed by atoms with Crippen LogP contribution in [0.5, 0.6) is 0 Å². The van der Waals surface area contributed by atoms with Crippen molar-refractivity contribution in [2.75, 3.05) is 26.4 Å². The van der Waals surface area contributed by atoms with Crippen molar-refractivity contribution in [2.45, 2.75) is 51.1 Å². The number of epoxide rings is 2. The van der Waals surface area contributed by atoms with E-state index in [9.17, 15) is 0 Å². The Morgan fingerprint density at radius 3 is 2.26 bits per heavy atom. The highest BCUT2D eigenvalue weighted by molar-refractivity contribution is 4.71. The van der Waals surface area contributed by atoms with Gasteiger partial charge < -0.3 is 24.1 Å². The molecular formula is C14H26O5. The Balaban J connectivity index is 0.000000190. The van der Waals surface area contributed by atoms with Crippen molar-refractivity contribution in [3.05, 3.63) is 12.8 Å². The van der Waals surface area contributed by atoms with E-state index in [4.69, 9.17) is 24.1 Å². The van der Waals surface area contributed by atoms with Crippen LogP contribution in [0.1, 0.15) is 32.6 Å². The number of rotatable bonds is 10. The second-order valence-electron chi connectivity index (χ2n) is 4.70. The highest BCUT2D eigenvalue weighted by Gasteiger charge is 2.26. The normalized spacial score (nSPS) is 24.9. The van der Waals surface area contributed by atoms with Crippen LogP contribution in [0.25, 0.3) is 0 Å². The van der Waals surface area contributed by atoms with Crippen molar-refractivity contribution in [2.24, 2.45) is 0 Å². The summed E-state index contributed by atoms with van der Waals surface area (Å²) in [5, 5.41) is 8.98. The van der Waals surface area contributed by atoms with Crippen molar-refractivity contribution in [3.63, 3.8) is 0 Å². The number of aliphatic hydroxyl groups excluding tert-OH is 1. The molecule has 2 saturated heterocycles. The van der Waals surface area contributed by atoms with Gasteiger partial charge in [-0.2, -0.15) is 0 Å². The second-order valence-corrected chi connectivity index (χ2v) is 4.70. The Bertz CT molecular complexity index is 214. The number of aliphatic hydroxyl groups is 1. The fraction of sp³-hybridized carbons (Fsp3) is 0.857. The third-order valence-electron chi connectivity index (χ3n) is 2.72. The van der Waals surface area contributed by atoms with Crippen LogP contribution in [-0.2, 0) is 18.9 Å². The molecule has 2 aliphatic heterocycles. The van der Waals surface area contributed by atoms with Gasteiger partial charge in [0.05, 0.1) is 32.7 Å². The summed E-state index contributed by atoms with van der Waals surface area (Å²) >= 11 is 0. The van der Waals surface area contributed by atoms with Crippen LogP contribution >= 0.6 is 0 Å². The molecule has 0 saturated carbocycles. The first kappa shape index (κ1) is 16.4. The maximum absolute atomic E-state index is 8.98. The lowest BCUT2D eigenvalue weighted by atomic mass is 10.2. The molecule has 0 bridgehead atoms. The summed E-state index contributed by atoms with van der Waals surface area (Å²) in [6.45, 7) is 8.73. The summed E-state index contributed by atoms with van der Waals surface area (Å²) in [5.74, 6) is 0. The lowest BCUT2D eigenvalue weighted by molar-refractivity contribution is -0.0569. The van der Waals surface area contributed by atoms with Crippen molar-refractivity contribution >= 4 is 0 Å². The minimum atomic E-state index is -0.649. The molecule has 1 N–H and O–H groups in total. The van der Waals surface area contributed by atoms with Crippen molar-refractivity contribution in [3.8, 4) is 0 Å². The van der Waals surface area contributed by atoms with Gasteiger partial charge in [-0.05, 0) is 6.42 Å². The highest BCUT2D eigenvalue weighted by Crippen LogP contribution is 2.12. The van der Waals surface area contributed by atoms with Gasteiger partial charge in [-0.3, -0.25) is 0 Å². The number of hydrogen-bond donors (Lipinski definition) is 1. The average molecular weight is 274 g/mol. The number of ether oxygens (including phenoxy) is 4. The summed E-state index contributed by atoms with van der Waals surface area (Å²) in [6, 6.07) is 0. The third-order valence-corrected chi connectivity index (χ3v) is 2.72. The summed E-state index contributed by atoms with van der Waals surface area (Å²) in [5.41, 5.74) is 0. The van der Waals surface area contributed by atoms with E-state index in [1.54, 1.807) is 0 Å². The maximum atomic E-state index is 8.98. The predicted molar refractivity (Wildman–Crippen MR) is 71.7 cm³/mol. The van der Waals surface area contributed by atoms with Crippen LogP contribution in [0.3, 0.4) is 0 Å². The molecule has 3 atom stereocenters. The van der Waals surface area contributed by atoms with E-state index in [-0.39, 0.29) is 0 Å². The molecule has 3 unspecified atom stereocenters. The summed E-state index contributed by atoms with van der Waals surface area (Å²) < 4.78 is 19.8. The average Bonchev–Trinajstić information content (AvgIpc) is 3.25.